The van der Waals surface area contributed by atoms with Crippen molar-refractivity contribution in [3.8, 4) is 0 Å². The molecule has 2 rings (SSSR count). The quantitative estimate of drug-likeness (QED) is 0.389. The van der Waals surface area contributed by atoms with Gasteiger partial charge < -0.3 is 15.4 Å². The van der Waals surface area contributed by atoms with Crippen molar-refractivity contribution < 1.29 is 19.2 Å². The van der Waals surface area contributed by atoms with Crippen LogP contribution in [0.2, 0.25) is 0 Å². The molecule has 2 N–H and O–H groups in total. The number of carbonyl (C=O) groups is 2. The van der Waals surface area contributed by atoms with Crippen LogP contribution >= 0.6 is 0 Å². The fraction of sp³-hybridized carbons (Fsp3) is 0.300. The summed E-state index contributed by atoms with van der Waals surface area (Å²) in [5.74, 6) is -1.22. The topological polar surface area (TPSA) is 111 Å². The number of hydrogen-bond donors (Lipinski definition) is 2. The second-order valence-electron chi connectivity index (χ2n) is 6.16. The monoisotopic (exact) mass is 385 g/mol. The highest BCUT2D eigenvalue weighted by Gasteiger charge is 2.23. The van der Waals surface area contributed by atoms with Crippen molar-refractivity contribution in [3.05, 3.63) is 69.8 Å². The van der Waals surface area contributed by atoms with Gasteiger partial charge in [-0.3, -0.25) is 14.9 Å². The fourth-order valence-corrected chi connectivity index (χ4v) is 2.43. The normalized spacial score (nSPS) is 11.4. The molecule has 0 fully saturated rings. The molecule has 1 amide bonds. The zero-order valence-corrected chi connectivity index (χ0v) is 15.8. The number of amides is 1. The zero-order chi connectivity index (χ0) is 20.5. The second-order valence-corrected chi connectivity index (χ2v) is 6.16. The molecule has 0 bridgehead atoms. The van der Waals surface area contributed by atoms with E-state index in [-0.39, 0.29) is 11.3 Å². The molecule has 0 unspecified atom stereocenters. The first kappa shape index (κ1) is 20.9. The van der Waals surface area contributed by atoms with E-state index in [1.807, 2.05) is 37.3 Å². The smallest absolute Gasteiger partial charge is 0.341 e. The molecule has 0 aromatic heterocycles. The minimum absolute atomic E-state index is 0.000252. The van der Waals surface area contributed by atoms with Gasteiger partial charge in [0.15, 0.2) is 6.10 Å². The molecule has 0 saturated carbocycles. The molecule has 0 radical (unpaired) electrons. The highest BCUT2D eigenvalue weighted by molar-refractivity contribution is 5.98. The summed E-state index contributed by atoms with van der Waals surface area (Å²) in [6.07, 6.45) is -0.259. The molecule has 2 aromatic rings. The number of non-ortho nitro benzene ring substituents is 1. The van der Waals surface area contributed by atoms with Crippen LogP contribution in [0.25, 0.3) is 0 Å². The third-order valence-corrected chi connectivity index (χ3v) is 3.96. The van der Waals surface area contributed by atoms with E-state index in [9.17, 15) is 19.7 Å². The molecular formula is C20H23N3O5. The first-order chi connectivity index (χ1) is 13.4. The lowest BCUT2D eigenvalue weighted by Crippen LogP contribution is -2.36. The van der Waals surface area contributed by atoms with Gasteiger partial charge in [-0.15, -0.1) is 0 Å². The number of nitro benzene ring substituents is 1. The molecule has 0 saturated heterocycles. The maximum absolute atomic E-state index is 12.6. The van der Waals surface area contributed by atoms with Gasteiger partial charge in [0.2, 0.25) is 0 Å². The molecular weight excluding hydrogens is 362 g/mol. The Morgan fingerprint density at radius 3 is 2.54 bits per heavy atom. The van der Waals surface area contributed by atoms with Crippen LogP contribution in [0.15, 0.2) is 48.5 Å². The van der Waals surface area contributed by atoms with Gasteiger partial charge in [0.25, 0.3) is 11.6 Å². The summed E-state index contributed by atoms with van der Waals surface area (Å²) in [5.41, 5.74) is 1.13. The molecule has 0 aliphatic carbocycles. The minimum Gasteiger partial charge on any atom is -0.449 e. The Hall–Kier alpha value is -3.42. The van der Waals surface area contributed by atoms with Crippen LogP contribution in [0.1, 0.15) is 36.2 Å². The summed E-state index contributed by atoms with van der Waals surface area (Å²) >= 11 is 0. The number of nitrogens with zero attached hydrogens (tertiary/aromatic N) is 1. The standard InChI is InChI=1S/C20H23N3O5/c1-3-11-21-19(24)14(2)28-20(25)17-12-16(23(26)27)9-10-18(17)22-13-15-7-5-4-6-8-15/h4-10,12,14,22H,3,11,13H2,1-2H3,(H,21,24)/t14-/m0/s1. The number of carbonyl (C=O) groups excluding carboxylic acids is 2. The zero-order valence-electron chi connectivity index (χ0n) is 15.8. The van der Waals surface area contributed by atoms with E-state index < -0.39 is 22.9 Å². The number of anilines is 1. The summed E-state index contributed by atoms with van der Waals surface area (Å²) in [7, 11) is 0. The third kappa shape index (κ3) is 5.80. The van der Waals surface area contributed by atoms with E-state index >= 15 is 0 Å². The van der Waals surface area contributed by atoms with Crippen LogP contribution in [0.4, 0.5) is 11.4 Å². The predicted molar refractivity (Wildman–Crippen MR) is 105 cm³/mol. The summed E-state index contributed by atoms with van der Waals surface area (Å²) in [5, 5.41) is 16.8. The van der Waals surface area contributed by atoms with Gasteiger partial charge in [-0.05, 0) is 25.0 Å². The minimum atomic E-state index is -1.01. The highest BCUT2D eigenvalue weighted by atomic mass is 16.6. The molecule has 28 heavy (non-hydrogen) atoms. The van der Waals surface area contributed by atoms with Crippen molar-refractivity contribution >= 4 is 23.3 Å². The molecule has 148 valence electrons. The Morgan fingerprint density at radius 2 is 1.89 bits per heavy atom. The Balaban J connectivity index is 2.18. The predicted octanol–water partition coefficient (Wildman–Crippen LogP) is 3.28. The van der Waals surface area contributed by atoms with Crippen molar-refractivity contribution in [3.63, 3.8) is 0 Å². The first-order valence-corrected chi connectivity index (χ1v) is 8.97. The van der Waals surface area contributed by atoms with Crippen molar-refractivity contribution in [2.75, 3.05) is 11.9 Å². The molecule has 0 aliphatic heterocycles. The average Bonchev–Trinajstić information content (AvgIpc) is 2.70. The highest BCUT2D eigenvalue weighted by Crippen LogP contribution is 2.24. The average molecular weight is 385 g/mol. The Labute approximate surface area is 163 Å². The van der Waals surface area contributed by atoms with E-state index in [0.29, 0.717) is 18.8 Å². The van der Waals surface area contributed by atoms with Crippen LogP contribution in [-0.2, 0) is 16.1 Å². The Morgan fingerprint density at radius 1 is 1.18 bits per heavy atom. The van der Waals surface area contributed by atoms with E-state index in [2.05, 4.69) is 10.6 Å². The van der Waals surface area contributed by atoms with Crippen LogP contribution < -0.4 is 10.6 Å². The SMILES string of the molecule is CCCNC(=O)[C@H](C)OC(=O)c1cc([N+](=O)[O-])ccc1NCc1ccccc1. The first-order valence-electron chi connectivity index (χ1n) is 8.97. The Kier molecular flexibility index (Phi) is 7.50. The number of nitrogens with one attached hydrogen (secondary N) is 2. The lowest BCUT2D eigenvalue weighted by atomic mass is 10.1. The number of ether oxygens (including phenoxy) is 1. The van der Waals surface area contributed by atoms with Crippen LogP contribution in [0.5, 0.6) is 0 Å². The lowest BCUT2D eigenvalue weighted by molar-refractivity contribution is -0.384. The molecule has 0 heterocycles. The fourth-order valence-electron chi connectivity index (χ4n) is 2.43. The summed E-state index contributed by atoms with van der Waals surface area (Å²) in [6, 6.07) is 13.4. The summed E-state index contributed by atoms with van der Waals surface area (Å²) < 4.78 is 5.21. The number of rotatable bonds is 9. The molecule has 0 aliphatic rings. The Bertz CT molecular complexity index is 839. The summed E-state index contributed by atoms with van der Waals surface area (Å²) in [6.45, 7) is 4.26. The van der Waals surface area contributed by atoms with E-state index in [0.717, 1.165) is 18.1 Å². The van der Waals surface area contributed by atoms with Crippen LogP contribution in [-0.4, -0.2) is 29.4 Å². The van der Waals surface area contributed by atoms with Crippen LogP contribution in [0.3, 0.4) is 0 Å². The van der Waals surface area contributed by atoms with Gasteiger partial charge in [0.05, 0.1) is 10.5 Å². The van der Waals surface area contributed by atoms with Crippen molar-refractivity contribution in [1.29, 1.82) is 0 Å². The molecule has 1 atom stereocenters. The van der Waals surface area contributed by atoms with Crippen molar-refractivity contribution in [2.45, 2.75) is 32.9 Å². The number of benzene rings is 2. The molecule has 8 nitrogen and oxygen atoms in total. The van der Waals surface area contributed by atoms with Crippen LogP contribution in [0, 0.1) is 10.1 Å². The lowest BCUT2D eigenvalue weighted by Gasteiger charge is -2.15. The maximum Gasteiger partial charge on any atom is 0.341 e. The maximum atomic E-state index is 12.6. The summed E-state index contributed by atoms with van der Waals surface area (Å²) in [4.78, 5) is 35.0. The second kappa shape index (κ2) is 10.1. The van der Waals surface area contributed by atoms with Gasteiger partial charge in [-0.2, -0.15) is 0 Å². The van der Waals surface area contributed by atoms with Gasteiger partial charge in [0.1, 0.15) is 0 Å². The number of nitro groups is 1. The van der Waals surface area contributed by atoms with E-state index in [4.69, 9.17) is 4.74 Å². The van der Waals surface area contributed by atoms with Gasteiger partial charge in [0, 0.05) is 30.9 Å². The van der Waals surface area contributed by atoms with E-state index in [1.165, 1.54) is 19.1 Å². The van der Waals surface area contributed by atoms with Gasteiger partial charge in [-0.25, -0.2) is 4.79 Å². The van der Waals surface area contributed by atoms with E-state index in [1.54, 1.807) is 0 Å². The van der Waals surface area contributed by atoms with Crippen molar-refractivity contribution in [2.24, 2.45) is 0 Å². The number of esters is 1. The number of hydrogen-bond acceptors (Lipinski definition) is 6. The molecule has 0 spiro atoms. The molecule has 2 aromatic carbocycles. The third-order valence-electron chi connectivity index (χ3n) is 3.96. The van der Waals surface area contributed by atoms with Gasteiger partial charge >= 0.3 is 5.97 Å². The largest absolute Gasteiger partial charge is 0.449 e. The van der Waals surface area contributed by atoms with Crippen molar-refractivity contribution in [1.82, 2.24) is 5.32 Å². The van der Waals surface area contributed by atoms with Gasteiger partial charge in [-0.1, -0.05) is 37.3 Å². The molecule has 8 heteroatoms.